The zero-order chi connectivity index (χ0) is 16.5. The van der Waals surface area contributed by atoms with E-state index in [-0.39, 0.29) is 12.5 Å². The van der Waals surface area contributed by atoms with Crippen molar-refractivity contribution < 1.29 is 9.90 Å². The summed E-state index contributed by atoms with van der Waals surface area (Å²) in [5.74, 6) is -0.759. The average molecular weight is 321 g/mol. The number of carbonyl (C=O) groups is 1. The van der Waals surface area contributed by atoms with Gasteiger partial charge >= 0.3 is 5.97 Å². The van der Waals surface area contributed by atoms with Gasteiger partial charge in [-0.05, 0) is 29.2 Å². The minimum Gasteiger partial charge on any atom is -0.481 e. The Bertz CT molecular complexity index is 887. The van der Waals surface area contributed by atoms with Gasteiger partial charge in [-0.15, -0.1) is 0 Å². The number of aromatic amines is 1. The van der Waals surface area contributed by atoms with E-state index in [9.17, 15) is 9.90 Å². The number of carboxylic acids is 1. The fourth-order valence-corrected chi connectivity index (χ4v) is 3.61. The zero-order valence-corrected chi connectivity index (χ0v) is 13.3. The first-order valence-corrected chi connectivity index (χ1v) is 8.16. The summed E-state index contributed by atoms with van der Waals surface area (Å²) >= 11 is 0. The number of H-pyrrole nitrogens is 1. The standard InChI is InChI=1S/C19H19N3O2/c23-19(24)10-18-16-4-2-1-3-14(16)7-8-22(18)12-13-5-6-15-11-20-21-17(15)9-13/h1-6,9,11,18H,7-8,10,12H2,(H,20,21)(H,23,24). The van der Waals surface area contributed by atoms with Gasteiger partial charge in [-0.3, -0.25) is 14.8 Å². The fourth-order valence-electron chi connectivity index (χ4n) is 3.61. The number of carboxylic acid groups (broad SMARTS) is 1. The molecule has 0 amide bonds. The molecule has 0 aliphatic carbocycles. The van der Waals surface area contributed by atoms with E-state index in [0.717, 1.165) is 36.0 Å². The number of aliphatic carboxylic acids is 1. The van der Waals surface area contributed by atoms with Gasteiger partial charge in [0.05, 0.1) is 18.1 Å². The topological polar surface area (TPSA) is 69.2 Å². The Morgan fingerprint density at radius 2 is 2.17 bits per heavy atom. The van der Waals surface area contributed by atoms with Gasteiger partial charge in [-0.25, -0.2) is 0 Å². The maximum absolute atomic E-state index is 11.4. The summed E-state index contributed by atoms with van der Waals surface area (Å²) < 4.78 is 0. The Hall–Kier alpha value is -2.66. The third kappa shape index (κ3) is 2.78. The molecule has 2 N–H and O–H groups in total. The van der Waals surface area contributed by atoms with E-state index >= 15 is 0 Å². The second-order valence-corrected chi connectivity index (χ2v) is 6.32. The molecule has 0 bridgehead atoms. The predicted octanol–water partition coefficient (Wildman–Crippen LogP) is 3.14. The highest BCUT2D eigenvalue weighted by Crippen LogP contribution is 2.33. The number of hydrogen-bond acceptors (Lipinski definition) is 3. The van der Waals surface area contributed by atoms with Crippen molar-refractivity contribution in [3.05, 3.63) is 65.4 Å². The van der Waals surface area contributed by atoms with Crippen LogP contribution in [0.15, 0.2) is 48.7 Å². The molecule has 2 heterocycles. The highest BCUT2D eigenvalue weighted by Gasteiger charge is 2.28. The van der Waals surface area contributed by atoms with E-state index in [4.69, 9.17) is 0 Å². The van der Waals surface area contributed by atoms with Crippen LogP contribution in [0.2, 0.25) is 0 Å². The van der Waals surface area contributed by atoms with Gasteiger partial charge in [0.25, 0.3) is 0 Å². The number of fused-ring (bicyclic) bond motifs is 2. The number of benzene rings is 2. The molecule has 1 atom stereocenters. The van der Waals surface area contributed by atoms with Gasteiger partial charge in [0, 0.05) is 24.5 Å². The van der Waals surface area contributed by atoms with Crippen molar-refractivity contribution in [1.29, 1.82) is 0 Å². The molecular weight excluding hydrogens is 302 g/mol. The summed E-state index contributed by atoms with van der Waals surface area (Å²) in [5, 5.41) is 17.5. The molecule has 0 saturated heterocycles. The van der Waals surface area contributed by atoms with Gasteiger partial charge < -0.3 is 5.11 Å². The van der Waals surface area contributed by atoms with Crippen LogP contribution in [0.4, 0.5) is 0 Å². The SMILES string of the molecule is O=C(O)CC1c2ccccc2CCN1Cc1ccc2cn[nH]c2c1. The van der Waals surface area contributed by atoms with Crippen molar-refractivity contribution in [3.63, 3.8) is 0 Å². The van der Waals surface area contributed by atoms with Crippen LogP contribution in [0.25, 0.3) is 10.9 Å². The Morgan fingerprint density at radius 3 is 3.04 bits per heavy atom. The van der Waals surface area contributed by atoms with Crippen LogP contribution in [0.3, 0.4) is 0 Å². The molecule has 0 radical (unpaired) electrons. The monoisotopic (exact) mass is 321 g/mol. The van der Waals surface area contributed by atoms with E-state index in [1.165, 1.54) is 11.1 Å². The largest absolute Gasteiger partial charge is 0.481 e. The summed E-state index contributed by atoms with van der Waals surface area (Å²) in [6.07, 6.45) is 2.89. The lowest BCUT2D eigenvalue weighted by Crippen LogP contribution is -2.36. The average Bonchev–Trinajstić information content (AvgIpc) is 3.04. The molecule has 24 heavy (non-hydrogen) atoms. The summed E-state index contributed by atoms with van der Waals surface area (Å²) in [4.78, 5) is 13.6. The molecule has 122 valence electrons. The molecule has 3 aromatic rings. The van der Waals surface area contributed by atoms with Crippen LogP contribution in [0, 0.1) is 0 Å². The quantitative estimate of drug-likeness (QED) is 0.774. The summed E-state index contributed by atoms with van der Waals surface area (Å²) in [7, 11) is 0. The number of aromatic nitrogens is 2. The third-order valence-corrected chi connectivity index (χ3v) is 4.78. The van der Waals surface area contributed by atoms with Crippen molar-refractivity contribution in [3.8, 4) is 0 Å². The Kier molecular flexibility index (Phi) is 3.78. The van der Waals surface area contributed by atoms with E-state index in [0.29, 0.717) is 0 Å². The van der Waals surface area contributed by atoms with Crippen molar-refractivity contribution in [2.24, 2.45) is 0 Å². The molecule has 1 aliphatic rings. The summed E-state index contributed by atoms with van der Waals surface area (Å²) in [6.45, 7) is 1.61. The second-order valence-electron chi connectivity index (χ2n) is 6.32. The van der Waals surface area contributed by atoms with Gasteiger partial charge in [-0.1, -0.05) is 36.4 Å². The van der Waals surface area contributed by atoms with Gasteiger partial charge in [0.2, 0.25) is 0 Å². The lowest BCUT2D eigenvalue weighted by Gasteiger charge is -2.36. The molecule has 2 aromatic carbocycles. The maximum Gasteiger partial charge on any atom is 0.305 e. The van der Waals surface area contributed by atoms with E-state index < -0.39 is 5.97 Å². The molecule has 0 fully saturated rings. The molecule has 1 aliphatic heterocycles. The number of nitrogens with zero attached hydrogens (tertiary/aromatic N) is 2. The fraction of sp³-hybridized carbons (Fsp3) is 0.263. The lowest BCUT2D eigenvalue weighted by molar-refractivity contribution is -0.138. The second kappa shape index (κ2) is 6.09. The first kappa shape index (κ1) is 14.9. The van der Waals surface area contributed by atoms with E-state index in [2.05, 4.69) is 45.4 Å². The minimum absolute atomic E-state index is 0.0788. The van der Waals surface area contributed by atoms with Crippen LogP contribution in [0.5, 0.6) is 0 Å². The van der Waals surface area contributed by atoms with Gasteiger partial charge in [0.15, 0.2) is 0 Å². The van der Waals surface area contributed by atoms with Crippen LogP contribution in [-0.4, -0.2) is 32.7 Å². The van der Waals surface area contributed by atoms with E-state index in [1.54, 1.807) is 0 Å². The van der Waals surface area contributed by atoms with E-state index in [1.807, 2.05) is 18.3 Å². The van der Waals surface area contributed by atoms with Crippen molar-refractivity contribution in [1.82, 2.24) is 15.1 Å². The third-order valence-electron chi connectivity index (χ3n) is 4.78. The molecule has 0 spiro atoms. The summed E-state index contributed by atoms with van der Waals surface area (Å²) in [5.41, 5.74) is 4.60. The highest BCUT2D eigenvalue weighted by molar-refractivity contribution is 5.78. The zero-order valence-electron chi connectivity index (χ0n) is 13.3. The van der Waals surface area contributed by atoms with Gasteiger partial charge in [0.1, 0.15) is 0 Å². The van der Waals surface area contributed by atoms with Crippen LogP contribution < -0.4 is 0 Å². The molecule has 5 nitrogen and oxygen atoms in total. The van der Waals surface area contributed by atoms with Crippen molar-refractivity contribution in [2.75, 3.05) is 6.54 Å². The predicted molar refractivity (Wildman–Crippen MR) is 91.6 cm³/mol. The maximum atomic E-state index is 11.4. The molecular formula is C19H19N3O2. The number of nitrogens with one attached hydrogen (secondary N) is 1. The van der Waals surface area contributed by atoms with Gasteiger partial charge in [-0.2, -0.15) is 5.10 Å². The van der Waals surface area contributed by atoms with Crippen molar-refractivity contribution >= 4 is 16.9 Å². The first-order chi connectivity index (χ1) is 11.7. The summed E-state index contributed by atoms with van der Waals surface area (Å²) in [6, 6.07) is 14.4. The lowest BCUT2D eigenvalue weighted by atomic mass is 9.90. The normalized spacial score (nSPS) is 17.8. The van der Waals surface area contributed by atoms with Crippen LogP contribution in [-0.2, 0) is 17.8 Å². The highest BCUT2D eigenvalue weighted by atomic mass is 16.4. The molecule has 1 unspecified atom stereocenters. The number of hydrogen-bond donors (Lipinski definition) is 2. The van der Waals surface area contributed by atoms with Crippen LogP contribution >= 0.6 is 0 Å². The Balaban J connectivity index is 1.64. The smallest absolute Gasteiger partial charge is 0.305 e. The molecule has 4 rings (SSSR count). The first-order valence-electron chi connectivity index (χ1n) is 8.16. The van der Waals surface area contributed by atoms with Crippen LogP contribution in [0.1, 0.15) is 29.2 Å². The molecule has 5 heteroatoms. The number of rotatable bonds is 4. The minimum atomic E-state index is -0.759. The Labute approximate surface area is 139 Å². The molecule has 1 aromatic heterocycles. The Morgan fingerprint density at radius 1 is 1.29 bits per heavy atom. The van der Waals surface area contributed by atoms with Crippen molar-refractivity contribution in [2.45, 2.75) is 25.4 Å². The molecule has 0 saturated carbocycles.